The van der Waals surface area contributed by atoms with Crippen LogP contribution in [-0.4, -0.2) is 68.1 Å². The molecule has 0 saturated carbocycles. The first-order valence-electron chi connectivity index (χ1n) is 6.68. The molecule has 8 heteroatoms. The van der Waals surface area contributed by atoms with Crippen molar-refractivity contribution in [3.8, 4) is 0 Å². The highest BCUT2D eigenvalue weighted by molar-refractivity contribution is 5.79. The minimum atomic E-state index is -4.37. The molecule has 1 saturated heterocycles. The maximum atomic E-state index is 12.0. The van der Waals surface area contributed by atoms with Gasteiger partial charge in [0.1, 0.15) is 6.54 Å². The second kappa shape index (κ2) is 8.43. The van der Waals surface area contributed by atoms with Gasteiger partial charge in [0.15, 0.2) is 0 Å². The average Bonchev–Trinajstić information content (AvgIpc) is 2.40. The Hall–Kier alpha value is -0.860. The van der Waals surface area contributed by atoms with Crippen molar-refractivity contribution in [1.82, 2.24) is 10.2 Å². The first kappa shape index (κ1) is 17.2. The van der Waals surface area contributed by atoms with Gasteiger partial charge in [-0.2, -0.15) is 13.2 Å². The van der Waals surface area contributed by atoms with E-state index in [2.05, 4.69) is 0 Å². The topological polar surface area (TPSA) is 61.8 Å². The Morgan fingerprint density at radius 1 is 1.40 bits per heavy atom. The normalized spacial score (nSPS) is 20.9. The number of rotatable bonds is 7. The molecule has 1 atom stereocenters. The second-order valence-electron chi connectivity index (χ2n) is 4.81. The predicted molar refractivity (Wildman–Crippen MR) is 66.1 cm³/mol. The number of aliphatic hydroxyl groups is 1. The number of halogens is 3. The molecular formula is C12H21F3N2O3. The number of nitrogens with zero attached hydrogens (tertiary/aromatic N) is 1. The summed E-state index contributed by atoms with van der Waals surface area (Å²) < 4.78 is 41.2. The van der Waals surface area contributed by atoms with Gasteiger partial charge >= 0.3 is 6.18 Å². The summed E-state index contributed by atoms with van der Waals surface area (Å²) in [6.07, 6.45) is -2.98. The van der Waals surface area contributed by atoms with Gasteiger partial charge in [-0.05, 0) is 19.4 Å². The zero-order chi connectivity index (χ0) is 15.0. The SMILES string of the molecule is O=C(NCC(F)(F)F)C1CCCN(CCOCCO)C1. The number of hydrogen-bond donors (Lipinski definition) is 2. The van der Waals surface area contributed by atoms with Crippen LogP contribution in [-0.2, 0) is 9.53 Å². The Morgan fingerprint density at radius 3 is 2.80 bits per heavy atom. The molecule has 20 heavy (non-hydrogen) atoms. The van der Waals surface area contributed by atoms with E-state index in [4.69, 9.17) is 9.84 Å². The zero-order valence-corrected chi connectivity index (χ0v) is 11.3. The fraction of sp³-hybridized carbons (Fsp3) is 0.917. The summed E-state index contributed by atoms with van der Waals surface area (Å²) in [4.78, 5) is 13.7. The number of amides is 1. The van der Waals surface area contributed by atoms with Gasteiger partial charge in [0, 0.05) is 13.1 Å². The summed E-state index contributed by atoms with van der Waals surface area (Å²) in [5.41, 5.74) is 0. The monoisotopic (exact) mass is 298 g/mol. The van der Waals surface area contributed by atoms with E-state index in [1.807, 2.05) is 10.2 Å². The summed E-state index contributed by atoms with van der Waals surface area (Å²) in [5, 5.41) is 10.5. The van der Waals surface area contributed by atoms with Gasteiger partial charge in [-0.25, -0.2) is 0 Å². The second-order valence-corrected chi connectivity index (χ2v) is 4.81. The van der Waals surface area contributed by atoms with Gasteiger partial charge in [0.05, 0.1) is 25.7 Å². The van der Waals surface area contributed by atoms with Gasteiger partial charge in [-0.15, -0.1) is 0 Å². The molecule has 0 aliphatic carbocycles. The van der Waals surface area contributed by atoms with Crippen LogP contribution in [0.5, 0.6) is 0 Å². The number of carbonyl (C=O) groups is 1. The van der Waals surface area contributed by atoms with Crippen molar-refractivity contribution in [1.29, 1.82) is 0 Å². The minimum absolute atomic E-state index is 0.0392. The highest BCUT2D eigenvalue weighted by Crippen LogP contribution is 2.17. The largest absolute Gasteiger partial charge is 0.405 e. The summed E-state index contributed by atoms with van der Waals surface area (Å²) in [6.45, 7) is 1.27. The molecule has 0 radical (unpaired) electrons. The molecule has 1 rings (SSSR count). The van der Waals surface area contributed by atoms with Crippen LogP contribution >= 0.6 is 0 Å². The Morgan fingerprint density at radius 2 is 2.15 bits per heavy atom. The van der Waals surface area contributed by atoms with Crippen molar-refractivity contribution in [2.45, 2.75) is 19.0 Å². The van der Waals surface area contributed by atoms with Crippen LogP contribution in [0.2, 0.25) is 0 Å². The molecule has 5 nitrogen and oxygen atoms in total. The standard InChI is InChI=1S/C12H21F3N2O3/c13-12(14,15)9-16-11(19)10-2-1-3-17(8-10)4-6-20-7-5-18/h10,18H,1-9H2,(H,16,19). The van der Waals surface area contributed by atoms with Gasteiger partial charge in [-0.3, -0.25) is 4.79 Å². The van der Waals surface area contributed by atoms with Crippen LogP contribution in [0.1, 0.15) is 12.8 Å². The molecule has 2 N–H and O–H groups in total. The lowest BCUT2D eigenvalue weighted by Gasteiger charge is -2.31. The van der Waals surface area contributed by atoms with E-state index in [-0.39, 0.29) is 13.2 Å². The molecule has 1 aliphatic heterocycles. The van der Waals surface area contributed by atoms with E-state index < -0.39 is 24.5 Å². The van der Waals surface area contributed by atoms with E-state index >= 15 is 0 Å². The van der Waals surface area contributed by atoms with E-state index in [1.54, 1.807) is 0 Å². The lowest BCUT2D eigenvalue weighted by Crippen LogP contribution is -2.45. The fourth-order valence-corrected chi connectivity index (χ4v) is 2.16. The fourth-order valence-electron chi connectivity index (χ4n) is 2.16. The molecule has 1 amide bonds. The molecule has 1 heterocycles. The van der Waals surface area contributed by atoms with Crippen molar-refractivity contribution in [2.24, 2.45) is 5.92 Å². The van der Waals surface area contributed by atoms with Crippen molar-refractivity contribution >= 4 is 5.91 Å². The molecule has 118 valence electrons. The number of ether oxygens (including phenoxy) is 1. The molecule has 0 spiro atoms. The Balaban J connectivity index is 2.27. The molecule has 0 aromatic heterocycles. The summed E-state index contributed by atoms with van der Waals surface area (Å²) in [5.74, 6) is -0.938. The van der Waals surface area contributed by atoms with Crippen LogP contribution in [0.25, 0.3) is 0 Å². The van der Waals surface area contributed by atoms with Gasteiger partial charge in [0.25, 0.3) is 0 Å². The summed E-state index contributed by atoms with van der Waals surface area (Å²) >= 11 is 0. The Bertz CT molecular complexity index is 300. The van der Waals surface area contributed by atoms with E-state index in [9.17, 15) is 18.0 Å². The first-order chi connectivity index (χ1) is 9.42. The zero-order valence-electron chi connectivity index (χ0n) is 11.3. The number of aliphatic hydroxyl groups excluding tert-OH is 1. The highest BCUT2D eigenvalue weighted by atomic mass is 19.4. The third-order valence-corrected chi connectivity index (χ3v) is 3.13. The summed E-state index contributed by atoms with van der Waals surface area (Å²) in [7, 11) is 0. The molecule has 1 fully saturated rings. The maximum absolute atomic E-state index is 12.0. The van der Waals surface area contributed by atoms with Crippen LogP contribution < -0.4 is 5.32 Å². The number of likely N-dealkylation sites (tertiary alicyclic amines) is 1. The van der Waals surface area contributed by atoms with Gasteiger partial charge < -0.3 is 20.1 Å². The first-order valence-corrected chi connectivity index (χ1v) is 6.68. The third-order valence-electron chi connectivity index (χ3n) is 3.13. The maximum Gasteiger partial charge on any atom is 0.405 e. The quantitative estimate of drug-likeness (QED) is 0.667. The Kier molecular flexibility index (Phi) is 7.25. The number of alkyl halides is 3. The van der Waals surface area contributed by atoms with Crippen LogP contribution in [0.15, 0.2) is 0 Å². The highest BCUT2D eigenvalue weighted by Gasteiger charge is 2.31. The predicted octanol–water partition coefficient (Wildman–Crippen LogP) is 0.386. The molecule has 0 aromatic rings. The van der Waals surface area contributed by atoms with E-state index in [1.165, 1.54) is 0 Å². The number of piperidine rings is 1. The number of carbonyl (C=O) groups excluding carboxylic acids is 1. The molecule has 1 unspecified atom stereocenters. The average molecular weight is 298 g/mol. The third kappa shape index (κ3) is 7.06. The van der Waals surface area contributed by atoms with Crippen molar-refractivity contribution < 1.29 is 27.8 Å². The van der Waals surface area contributed by atoms with Crippen molar-refractivity contribution in [2.75, 3.05) is 46.0 Å². The lowest BCUT2D eigenvalue weighted by atomic mass is 9.97. The smallest absolute Gasteiger partial charge is 0.394 e. The van der Waals surface area contributed by atoms with Gasteiger partial charge in [0.2, 0.25) is 5.91 Å². The van der Waals surface area contributed by atoms with Gasteiger partial charge in [-0.1, -0.05) is 0 Å². The van der Waals surface area contributed by atoms with Crippen molar-refractivity contribution in [3.05, 3.63) is 0 Å². The van der Waals surface area contributed by atoms with Crippen LogP contribution in [0.4, 0.5) is 13.2 Å². The molecule has 0 aromatic carbocycles. The van der Waals surface area contributed by atoms with Crippen LogP contribution in [0.3, 0.4) is 0 Å². The summed E-state index contributed by atoms with van der Waals surface area (Å²) in [6, 6.07) is 0. The van der Waals surface area contributed by atoms with Crippen molar-refractivity contribution in [3.63, 3.8) is 0 Å². The lowest BCUT2D eigenvalue weighted by molar-refractivity contribution is -0.141. The van der Waals surface area contributed by atoms with E-state index in [0.29, 0.717) is 26.1 Å². The minimum Gasteiger partial charge on any atom is -0.394 e. The molecule has 1 aliphatic rings. The van der Waals surface area contributed by atoms with Crippen LogP contribution in [0, 0.1) is 5.92 Å². The molecule has 0 bridgehead atoms. The molecular weight excluding hydrogens is 277 g/mol. The van der Waals surface area contributed by atoms with E-state index in [0.717, 1.165) is 13.0 Å². The Labute approximate surface area is 116 Å². The number of nitrogens with one attached hydrogen (secondary N) is 1. The number of hydrogen-bond acceptors (Lipinski definition) is 4.